The van der Waals surface area contributed by atoms with Crippen LogP contribution in [0.1, 0.15) is 47.1 Å². The van der Waals surface area contributed by atoms with Gasteiger partial charge in [-0.1, -0.05) is 30.3 Å². The Balaban J connectivity index is 2.40. The fourth-order valence-electron chi connectivity index (χ4n) is 2.04. The van der Waals surface area contributed by atoms with E-state index in [1.54, 1.807) is 0 Å². The maximum absolute atomic E-state index is 2.51. The third-order valence-electron chi connectivity index (χ3n) is 3.16. The fourth-order valence-corrected chi connectivity index (χ4v) is 3.33. The quantitative estimate of drug-likeness (QED) is 0.685. The third kappa shape index (κ3) is 3.12. The Morgan fingerprint density at radius 2 is 1.42 bits per heavy atom. The summed E-state index contributed by atoms with van der Waals surface area (Å²) in [7, 11) is 0.674. The summed E-state index contributed by atoms with van der Waals surface area (Å²) in [4.78, 5) is 0. The van der Waals surface area contributed by atoms with E-state index in [2.05, 4.69) is 87.4 Å². The molecule has 1 unspecified atom stereocenters. The lowest BCUT2D eigenvalue weighted by atomic mass is 10.1. The number of rotatable bonds is 1. The van der Waals surface area contributed by atoms with Crippen molar-refractivity contribution in [1.29, 1.82) is 0 Å². The van der Waals surface area contributed by atoms with E-state index in [4.69, 9.17) is 0 Å². The topological polar surface area (TPSA) is 6.48 Å². The van der Waals surface area contributed by atoms with Crippen LogP contribution in [-0.2, 0) is 0 Å². The Hall–Kier alpha value is -1.01. The molecular weight excluding hydrogens is 251 g/mol. The van der Waals surface area contributed by atoms with Crippen molar-refractivity contribution < 1.29 is 0 Å². The van der Waals surface area contributed by atoms with Gasteiger partial charge in [0.15, 0.2) is 0 Å². The van der Waals surface area contributed by atoms with Crippen molar-refractivity contribution in [2.45, 2.75) is 52.6 Å². The average molecular weight is 276 g/mol. The maximum atomic E-state index is 2.51. The predicted molar refractivity (Wildman–Crippen MR) is 85.9 cm³/mol. The number of benzene rings is 1. The zero-order valence-electron chi connectivity index (χ0n) is 12.9. The Kier molecular flexibility index (Phi) is 3.66. The van der Waals surface area contributed by atoms with Gasteiger partial charge in [0.25, 0.3) is 0 Å². The lowest BCUT2D eigenvalue weighted by molar-refractivity contribution is 0.324. The summed E-state index contributed by atoms with van der Waals surface area (Å²) in [5.41, 5.74) is 2.94. The van der Waals surface area contributed by atoms with Crippen molar-refractivity contribution >= 4 is 14.6 Å². The van der Waals surface area contributed by atoms with Crippen molar-refractivity contribution in [1.82, 2.24) is 9.34 Å². The molecule has 0 aromatic heterocycles. The van der Waals surface area contributed by atoms with E-state index < -0.39 is 0 Å². The van der Waals surface area contributed by atoms with Crippen LogP contribution in [0.5, 0.6) is 0 Å². The molecule has 0 radical (unpaired) electrons. The van der Waals surface area contributed by atoms with Gasteiger partial charge in [-0.05, 0) is 47.1 Å². The van der Waals surface area contributed by atoms with Gasteiger partial charge < -0.3 is 9.34 Å². The second-order valence-corrected chi connectivity index (χ2v) is 8.16. The highest BCUT2D eigenvalue weighted by atomic mass is 31.1. The van der Waals surface area contributed by atoms with Crippen LogP contribution in [0.25, 0.3) is 5.70 Å². The molecule has 0 amide bonds. The molecule has 0 spiro atoms. The van der Waals surface area contributed by atoms with E-state index in [1.807, 2.05) is 0 Å². The molecule has 1 heterocycles. The van der Waals surface area contributed by atoms with Crippen LogP contribution in [0.2, 0.25) is 0 Å². The normalized spacial score (nSPS) is 18.1. The highest BCUT2D eigenvalue weighted by Crippen LogP contribution is 2.48. The van der Waals surface area contributed by atoms with Gasteiger partial charge in [-0.3, -0.25) is 0 Å². The van der Waals surface area contributed by atoms with Gasteiger partial charge in [0, 0.05) is 17.3 Å². The molecular formula is C16H25N2P. The molecule has 1 aromatic rings. The van der Waals surface area contributed by atoms with Crippen molar-refractivity contribution in [2.24, 2.45) is 0 Å². The molecule has 19 heavy (non-hydrogen) atoms. The molecule has 0 fully saturated rings. The molecule has 3 heteroatoms. The standard InChI is InChI=1S/C16H25N2P/c1-15(2,3)17-12-14(13-10-8-7-9-11-13)18(19-17)16(4,5)6/h7-12,19H,1-6H3. The summed E-state index contributed by atoms with van der Waals surface area (Å²) in [6.45, 7) is 13.6. The number of hydrogen-bond acceptors (Lipinski definition) is 2. The van der Waals surface area contributed by atoms with Crippen LogP contribution in [0.3, 0.4) is 0 Å². The zero-order chi connectivity index (χ0) is 14.3. The van der Waals surface area contributed by atoms with E-state index in [9.17, 15) is 0 Å². The molecule has 1 aliphatic heterocycles. The van der Waals surface area contributed by atoms with Gasteiger partial charge in [0.05, 0.1) is 14.6 Å². The van der Waals surface area contributed by atoms with Gasteiger partial charge in [-0.2, -0.15) is 0 Å². The first-order valence-corrected chi connectivity index (χ1v) is 7.72. The fraction of sp³-hybridized carbons (Fsp3) is 0.500. The lowest BCUT2D eigenvalue weighted by Crippen LogP contribution is -2.35. The van der Waals surface area contributed by atoms with Crippen LogP contribution in [0.4, 0.5) is 0 Å². The van der Waals surface area contributed by atoms with Crippen molar-refractivity contribution in [3.63, 3.8) is 0 Å². The second-order valence-electron chi connectivity index (χ2n) is 7.03. The highest BCUT2D eigenvalue weighted by Gasteiger charge is 2.34. The summed E-state index contributed by atoms with van der Waals surface area (Å²) in [5.74, 6) is 0. The minimum Gasteiger partial charge on any atom is -0.335 e. The zero-order valence-corrected chi connectivity index (χ0v) is 13.9. The highest BCUT2D eigenvalue weighted by molar-refractivity contribution is 7.33. The van der Waals surface area contributed by atoms with Gasteiger partial charge in [-0.15, -0.1) is 0 Å². The maximum Gasteiger partial charge on any atom is 0.0804 e. The third-order valence-corrected chi connectivity index (χ3v) is 5.29. The Labute approximate surface area is 119 Å². The molecule has 0 saturated heterocycles. The van der Waals surface area contributed by atoms with Gasteiger partial charge in [0.1, 0.15) is 0 Å². The number of nitrogens with zero attached hydrogens (tertiary/aromatic N) is 2. The molecule has 2 rings (SSSR count). The first kappa shape index (κ1) is 14.4. The van der Waals surface area contributed by atoms with Gasteiger partial charge in [-0.25, -0.2) is 0 Å². The summed E-state index contributed by atoms with van der Waals surface area (Å²) >= 11 is 0. The first-order chi connectivity index (χ1) is 8.69. The minimum absolute atomic E-state index is 0.139. The van der Waals surface area contributed by atoms with E-state index >= 15 is 0 Å². The van der Waals surface area contributed by atoms with Gasteiger partial charge >= 0.3 is 0 Å². The van der Waals surface area contributed by atoms with E-state index in [-0.39, 0.29) is 11.1 Å². The van der Waals surface area contributed by atoms with Crippen LogP contribution in [0, 0.1) is 0 Å². The monoisotopic (exact) mass is 276 g/mol. The summed E-state index contributed by atoms with van der Waals surface area (Å²) in [6, 6.07) is 10.7. The average Bonchev–Trinajstić information content (AvgIpc) is 2.74. The number of hydrogen-bond donors (Lipinski definition) is 0. The minimum atomic E-state index is 0.139. The van der Waals surface area contributed by atoms with Crippen molar-refractivity contribution in [3.8, 4) is 0 Å². The van der Waals surface area contributed by atoms with Crippen LogP contribution in [-0.4, -0.2) is 20.4 Å². The summed E-state index contributed by atoms with van der Waals surface area (Å²) in [5, 5.41) is 0. The second kappa shape index (κ2) is 4.83. The molecule has 104 valence electrons. The van der Waals surface area contributed by atoms with Crippen molar-refractivity contribution in [3.05, 3.63) is 42.1 Å². The van der Waals surface area contributed by atoms with E-state index in [1.165, 1.54) is 11.3 Å². The summed E-state index contributed by atoms with van der Waals surface area (Å²) < 4.78 is 4.95. The Bertz CT molecular complexity index is 466. The summed E-state index contributed by atoms with van der Waals surface area (Å²) in [6.07, 6.45) is 2.32. The molecule has 0 saturated carbocycles. The van der Waals surface area contributed by atoms with Crippen LogP contribution >= 0.6 is 8.88 Å². The molecule has 0 N–H and O–H groups in total. The molecule has 0 bridgehead atoms. The SMILES string of the molecule is CC(C)(C)N1C=C(c2ccccc2)N(C(C)(C)C)P1. The predicted octanol–water partition coefficient (Wildman–Crippen LogP) is 4.71. The largest absolute Gasteiger partial charge is 0.335 e. The first-order valence-electron chi connectivity index (χ1n) is 6.83. The molecule has 2 nitrogen and oxygen atoms in total. The smallest absolute Gasteiger partial charge is 0.0804 e. The molecule has 1 aromatic carbocycles. The molecule has 1 aliphatic rings. The molecule has 1 atom stereocenters. The Morgan fingerprint density at radius 3 is 1.89 bits per heavy atom. The van der Waals surface area contributed by atoms with E-state index in [0.717, 1.165) is 0 Å². The Morgan fingerprint density at radius 1 is 0.842 bits per heavy atom. The lowest BCUT2D eigenvalue weighted by Gasteiger charge is -2.38. The van der Waals surface area contributed by atoms with Crippen LogP contribution < -0.4 is 0 Å². The van der Waals surface area contributed by atoms with Crippen molar-refractivity contribution in [2.75, 3.05) is 0 Å². The van der Waals surface area contributed by atoms with E-state index in [0.29, 0.717) is 8.88 Å². The van der Waals surface area contributed by atoms with Gasteiger partial charge in [0.2, 0.25) is 0 Å². The molecule has 0 aliphatic carbocycles. The van der Waals surface area contributed by atoms with Crippen LogP contribution in [0.15, 0.2) is 36.5 Å².